The number of methoxy groups -OCH3 is 1. The van der Waals surface area contributed by atoms with Crippen LogP contribution in [0.15, 0.2) is 48.7 Å². The van der Waals surface area contributed by atoms with Gasteiger partial charge >= 0.3 is 11.9 Å². The summed E-state index contributed by atoms with van der Waals surface area (Å²) in [6.45, 7) is 1.99. The summed E-state index contributed by atoms with van der Waals surface area (Å²) in [4.78, 5) is 30.9. The van der Waals surface area contributed by atoms with Gasteiger partial charge in [-0.25, -0.2) is 9.59 Å². The van der Waals surface area contributed by atoms with E-state index in [1.807, 2.05) is 43.3 Å². The summed E-state index contributed by atoms with van der Waals surface area (Å²) in [6.07, 6.45) is 1.48. The van der Waals surface area contributed by atoms with E-state index >= 15 is 0 Å². The van der Waals surface area contributed by atoms with Gasteiger partial charge in [0.1, 0.15) is 5.56 Å². The number of carbonyl (C=O) groups excluding carboxylic acids is 2. The van der Waals surface area contributed by atoms with Crippen molar-refractivity contribution in [1.82, 2.24) is 4.98 Å². The van der Waals surface area contributed by atoms with Crippen LogP contribution in [-0.4, -0.2) is 44.7 Å². The molecule has 0 aliphatic carbocycles. The molecule has 0 spiro atoms. The van der Waals surface area contributed by atoms with Gasteiger partial charge in [0.05, 0.1) is 30.5 Å². The van der Waals surface area contributed by atoms with Gasteiger partial charge in [-0.3, -0.25) is 4.98 Å². The topological polar surface area (TPSA) is 80.8 Å². The van der Waals surface area contributed by atoms with Crippen molar-refractivity contribution in [2.24, 2.45) is 0 Å². The number of aromatic nitrogens is 1. The third-order valence-corrected chi connectivity index (χ3v) is 4.44. The molecule has 7 nitrogen and oxygen atoms in total. The van der Waals surface area contributed by atoms with Crippen molar-refractivity contribution in [2.45, 2.75) is 6.92 Å². The van der Waals surface area contributed by atoms with Crippen LogP contribution >= 0.6 is 0 Å². The average Bonchev–Trinajstić information content (AvgIpc) is 2.73. The second-order valence-corrected chi connectivity index (χ2v) is 6.56. The van der Waals surface area contributed by atoms with Crippen molar-refractivity contribution in [2.75, 3.05) is 38.0 Å². The van der Waals surface area contributed by atoms with Crippen molar-refractivity contribution in [1.29, 1.82) is 0 Å². The molecule has 1 N–H and O–H groups in total. The number of benzene rings is 2. The van der Waals surface area contributed by atoms with E-state index in [-0.39, 0.29) is 12.2 Å². The highest BCUT2D eigenvalue weighted by Gasteiger charge is 2.18. The van der Waals surface area contributed by atoms with E-state index in [1.54, 1.807) is 25.1 Å². The third kappa shape index (κ3) is 4.29. The van der Waals surface area contributed by atoms with Crippen molar-refractivity contribution in [3.8, 4) is 0 Å². The minimum absolute atomic E-state index is 0.246. The Kier molecular flexibility index (Phi) is 5.97. The number of anilines is 3. The highest BCUT2D eigenvalue weighted by molar-refractivity contribution is 6.07. The zero-order chi connectivity index (χ0) is 21.0. The Labute approximate surface area is 169 Å². The Bertz CT molecular complexity index is 1050. The molecule has 0 unspecified atom stereocenters. The van der Waals surface area contributed by atoms with E-state index in [0.717, 1.165) is 11.4 Å². The number of pyridine rings is 1. The van der Waals surface area contributed by atoms with Gasteiger partial charge in [-0.15, -0.1) is 0 Å². The first-order valence-electron chi connectivity index (χ1n) is 9.17. The molecule has 0 aliphatic rings. The number of rotatable bonds is 6. The Morgan fingerprint density at radius 1 is 1.07 bits per heavy atom. The summed E-state index contributed by atoms with van der Waals surface area (Å²) in [5, 5.41) is 3.91. The van der Waals surface area contributed by atoms with Gasteiger partial charge in [0.25, 0.3) is 0 Å². The van der Waals surface area contributed by atoms with E-state index < -0.39 is 11.9 Å². The maximum absolute atomic E-state index is 12.5. The second kappa shape index (κ2) is 8.60. The second-order valence-electron chi connectivity index (χ2n) is 6.56. The van der Waals surface area contributed by atoms with Crippen LogP contribution in [-0.2, 0) is 9.47 Å². The zero-order valence-corrected chi connectivity index (χ0v) is 16.9. The molecule has 0 radical (unpaired) electrons. The summed E-state index contributed by atoms with van der Waals surface area (Å²) in [6, 6.07) is 12.8. The van der Waals surface area contributed by atoms with Gasteiger partial charge in [0.2, 0.25) is 0 Å². The number of fused-ring (bicyclic) bond motifs is 1. The number of carbonyl (C=O) groups is 2. The summed E-state index contributed by atoms with van der Waals surface area (Å²) < 4.78 is 10.0. The zero-order valence-electron chi connectivity index (χ0n) is 16.9. The smallest absolute Gasteiger partial charge is 0.341 e. The number of hydrogen-bond acceptors (Lipinski definition) is 7. The van der Waals surface area contributed by atoms with E-state index in [4.69, 9.17) is 9.47 Å². The molecule has 0 amide bonds. The predicted molar refractivity (Wildman–Crippen MR) is 113 cm³/mol. The first-order chi connectivity index (χ1) is 13.9. The molecule has 1 heterocycles. The Balaban J connectivity index is 2.14. The number of esters is 2. The van der Waals surface area contributed by atoms with Crippen LogP contribution in [0.25, 0.3) is 10.9 Å². The molecule has 1 aromatic heterocycles. The SMILES string of the molecule is CCOC(=O)c1cnc2ccc(C(=O)OC)cc2c1Nc1ccc(N(C)C)cc1. The third-order valence-electron chi connectivity index (χ3n) is 4.44. The predicted octanol–water partition coefficient (Wildman–Crippen LogP) is 4.01. The quantitative estimate of drug-likeness (QED) is 0.634. The number of ether oxygens (including phenoxy) is 2. The van der Waals surface area contributed by atoms with Crippen LogP contribution in [0.1, 0.15) is 27.6 Å². The summed E-state index contributed by atoms with van der Waals surface area (Å²) in [7, 11) is 5.25. The molecule has 0 atom stereocenters. The molecule has 7 heteroatoms. The fourth-order valence-corrected chi connectivity index (χ4v) is 2.92. The molecule has 150 valence electrons. The van der Waals surface area contributed by atoms with Gasteiger partial charge in [0, 0.05) is 37.1 Å². The molecule has 3 rings (SSSR count). The van der Waals surface area contributed by atoms with Crippen LogP contribution in [0.5, 0.6) is 0 Å². The standard InChI is InChI=1S/C22H23N3O4/c1-5-29-22(27)18-13-23-19-11-6-14(21(26)28-4)12-17(19)20(18)24-15-7-9-16(10-8-15)25(2)3/h6-13H,5H2,1-4H3,(H,23,24). The van der Waals surface area contributed by atoms with Gasteiger partial charge in [-0.2, -0.15) is 0 Å². The monoisotopic (exact) mass is 393 g/mol. The molecule has 3 aromatic rings. The van der Waals surface area contributed by atoms with Crippen LogP contribution in [0.3, 0.4) is 0 Å². The van der Waals surface area contributed by atoms with Crippen LogP contribution < -0.4 is 10.2 Å². The lowest BCUT2D eigenvalue weighted by Gasteiger charge is -2.16. The van der Waals surface area contributed by atoms with E-state index in [2.05, 4.69) is 10.3 Å². The summed E-state index contributed by atoms with van der Waals surface area (Å²) in [5.41, 5.74) is 3.66. The van der Waals surface area contributed by atoms with E-state index in [0.29, 0.717) is 22.2 Å². The van der Waals surface area contributed by atoms with Crippen LogP contribution in [0.4, 0.5) is 17.1 Å². The normalized spacial score (nSPS) is 10.5. The maximum Gasteiger partial charge on any atom is 0.341 e. The van der Waals surface area contributed by atoms with Crippen molar-refractivity contribution in [3.63, 3.8) is 0 Å². The number of hydrogen-bond donors (Lipinski definition) is 1. The lowest BCUT2D eigenvalue weighted by Crippen LogP contribution is -2.10. The first kappa shape index (κ1) is 20.1. The van der Waals surface area contributed by atoms with Gasteiger partial charge in [-0.05, 0) is 49.4 Å². The van der Waals surface area contributed by atoms with Gasteiger partial charge < -0.3 is 19.7 Å². The Hall–Kier alpha value is -3.61. The highest BCUT2D eigenvalue weighted by Crippen LogP contribution is 2.31. The van der Waals surface area contributed by atoms with Crippen molar-refractivity contribution >= 4 is 39.9 Å². The molecule has 0 saturated carbocycles. The molecule has 2 aromatic carbocycles. The fourth-order valence-electron chi connectivity index (χ4n) is 2.92. The molecule has 0 aliphatic heterocycles. The van der Waals surface area contributed by atoms with Gasteiger partial charge in [-0.1, -0.05) is 0 Å². The summed E-state index contributed by atoms with van der Waals surface area (Å²) in [5.74, 6) is -0.951. The van der Waals surface area contributed by atoms with E-state index in [1.165, 1.54) is 13.3 Å². The molecular formula is C22H23N3O4. The first-order valence-corrected chi connectivity index (χ1v) is 9.17. The Morgan fingerprint density at radius 2 is 1.79 bits per heavy atom. The maximum atomic E-state index is 12.5. The summed E-state index contributed by atoms with van der Waals surface area (Å²) >= 11 is 0. The number of nitrogens with one attached hydrogen (secondary N) is 1. The lowest BCUT2D eigenvalue weighted by molar-refractivity contribution is 0.0526. The highest BCUT2D eigenvalue weighted by atomic mass is 16.5. The van der Waals surface area contributed by atoms with Crippen molar-refractivity contribution in [3.05, 3.63) is 59.8 Å². The molecule has 0 saturated heterocycles. The van der Waals surface area contributed by atoms with Crippen LogP contribution in [0.2, 0.25) is 0 Å². The lowest BCUT2D eigenvalue weighted by atomic mass is 10.1. The fraction of sp³-hybridized carbons (Fsp3) is 0.227. The molecule has 29 heavy (non-hydrogen) atoms. The average molecular weight is 393 g/mol. The molecule has 0 fully saturated rings. The van der Waals surface area contributed by atoms with Crippen molar-refractivity contribution < 1.29 is 19.1 Å². The molecule has 0 bridgehead atoms. The van der Waals surface area contributed by atoms with Crippen LogP contribution in [0, 0.1) is 0 Å². The molecular weight excluding hydrogens is 370 g/mol. The minimum Gasteiger partial charge on any atom is -0.465 e. The van der Waals surface area contributed by atoms with Gasteiger partial charge in [0.15, 0.2) is 0 Å². The Morgan fingerprint density at radius 3 is 2.41 bits per heavy atom. The number of nitrogens with zero attached hydrogens (tertiary/aromatic N) is 2. The minimum atomic E-state index is -0.488. The van der Waals surface area contributed by atoms with E-state index in [9.17, 15) is 9.59 Å². The largest absolute Gasteiger partial charge is 0.465 e.